The van der Waals surface area contributed by atoms with Crippen LogP contribution in [0.2, 0.25) is 0 Å². The molecule has 3 aliphatic rings. The second-order valence-electron chi connectivity index (χ2n) is 9.21. The van der Waals surface area contributed by atoms with E-state index < -0.39 is 15.9 Å². The SMILES string of the molecule is COC(=O)C1C2C=CC(C2)C1N(CCC(C)C)C(=O)CC1=NS(=O)(=O)c2cc(I)ccc2N1. The fourth-order valence-corrected chi connectivity index (χ4v) is 6.89. The molecule has 1 saturated carbocycles. The molecule has 0 spiro atoms. The summed E-state index contributed by atoms with van der Waals surface area (Å²) in [5.74, 6) is -0.356. The highest BCUT2D eigenvalue weighted by molar-refractivity contribution is 14.1. The summed E-state index contributed by atoms with van der Waals surface area (Å²) in [7, 11) is -2.53. The maximum atomic E-state index is 13.6. The van der Waals surface area contributed by atoms with Crippen LogP contribution in [-0.2, 0) is 24.3 Å². The predicted molar refractivity (Wildman–Crippen MR) is 133 cm³/mol. The average molecular weight is 585 g/mol. The fourth-order valence-electron chi connectivity index (χ4n) is 5.02. The Morgan fingerprint density at radius 2 is 2.00 bits per heavy atom. The highest BCUT2D eigenvalue weighted by Crippen LogP contribution is 2.47. The number of rotatable bonds is 7. The van der Waals surface area contributed by atoms with Crippen molar-refractivity contribution in [1.29, 1.82) is 0 Å². The summed E-state index contributed by atoms with van der Waals surface area (Å²) in [5, 5.41) is 3.01. The molecule has 1 aliphatic heterocycles. The zero-order valence-electron chi connectivity index (χ0n) is 18.8. The van der Waals surface area contributed by atoms with E-state index in [-0.39, 0.29) is 46.9 Å². The lowest BCUT2D eigenvalue weighted by molar-refractivity contribution is -0.150. The number of hydrogen-bond donors (Lipinski definition) is 1. The van der Waals surface area contributed by atoms with Gasteiger partial charge < -0.3 is 15.0 Å². The van der Waals surface area contributed by atoms with E-state index >= 15 is 0 Å². The van der Waals surface area contributed by atoms with Crippen LogP contribution in [0.15, 0.2) is 39.6 Å². The van der Waals surface area contributed by atoms with E-state index in [4.69, 9.17) is 4.74 Å². The van der Waals surface area contributed by atoms with Crippen molar-refractivity contribution in [2.75, 3.05) is 19.0 Å². The van der Waals surface area contributed by atoms with Gasteiger partial charge in [-0.05, 0) is 71.4 Å². The molecule has 33 heavy (non-hydrogen) atoms. The number of nitrogens with one attached hydrogen (secondary N) is 1. The van der Waals surface area contributed by atoms with Crippen molar-refractivity contribution in [2.24, 2.45) is 28.1 Å². The molecule has 0 saturated heterocycles. The number of halogens is 1. The number of allylic oxidation sites excluding steroid dienone is 1. The van der Waals surface area contributed by atoms with E-state index in [9.17, 15) is 18.0 Å². The standard InChI is InChI=1S/C23H28IN3O5S/c1-13(2)8-9-27(22-15-5-4-14(10-15)21(22)23(29)32-3)20(28)12-19-25-17-7-6-16(24)11-18(17)33(30,31)26-19/h4-7,11,13-15,21-22H,8-10,12H2,1-3H3,(H,25,26). The molecule has 2 aliphatic carbocycles. The summed E-state index contributed by atoms with van der Waals surface area (Å²) in [6.45, 7) is 4.65. The van der Waals surface area contributed by atoms with Gasteiger partial charge in [0.15, 0.2) is 0 Å². The molecular weight excluding hydrogens is 557 g/mol. The summed E-state index contributed by atoms with van der Waals surface area (Å²) in [4.78, 5) is 28.0. The zero-order valence-corrected chi connectivity index (χ0v) is 21.8. The van der Waals surface area contributed by atoms with Gasteiger partial charge in [-0.2, -0.15) is 8.42 Å². The third-order valence-corrected chi connectivity index (χ3v) is 8.59. The summed E-state index contributed by atoms with van der Waals surface area (Å²) in [6.07, 6.45) is 5.54. The van der Waals surface area contributed by atoms with Crippen LogP contribution in [0.3, 0.4) is 0 Å². The van der Waals surface area contributed by atoms with Crippen molar-refractivity contribution < 1.29 is 22.7 Å². The molecule has 2 bridgehead atoms. The van der Waals surface area contributed by atoms with Gasteiger partial charge in [-0.25, -0.2) is 0 Å². The number of ether oxygens (including phenoxy) is 1. The van der Waals surface area contributed by atoms with Crippen LogP contribution in [0.25, 0.3) is 0 Å². The number of benzene rings is 1. The van der Waals surface area contributed by atoms with Crippen molar-refractivity contribution in [3.63, 3.8) is 0 Å². The molecule has 1 N–H and O–H groups in total. The Morgan fingerprint density at radius 3 is 2.70 bits per heavy atom. The van der Waals surface area contributed by atoms with Crippen molar-refractivity contribution in [3.05, 3.63) is 33.9 Å². The maximum absolute atomic E-state index is 13.6. The molecule has 1 amide bonds. The van der Waals surface area contributed by atoms with Crippen LogP contribution in [0, 0.1) is 27.2 Å². The van der Waals surface area contributed by atoms with Crippen LogP contribution in [0.4, 0.5) is 5.69 Å². The maximum Gasteiger partial charge on any atom is 0.311 e. The normalized spacial score (nSPS) is 26.5. The summed E-state index contributed by atoms with van der Waals surface area (Å²) < 4.78 is 35.2. The molecule has 4 unspecified atom stereocenters. The first-order valence-corrected chi connectivity index (χ1v) is 13.6. The number of esters is 1. The van der Waals surface area contributed by atoms with Crippen molar-refractivity contribution in [2.45, 2.75) is 44.0 Å². The number of hydrogen-bond acceptors (Lipinski definition) is 6. The monoisotopic (exact) mass is 585 g/mol. The van der Waals surface area contributed by atoms with Gasteiger partial charge in [-0.1, -0.05) is 26.0 Å². The van der Waals surface area contributed by atoms with Crippen LogP contribution in [-0.4, -0.2) is 50.7 Å². The van der Waals surface area contributed by atoms with E-state index in [1.807, 2.05) is 28.7 Å². The van der Waals surface area contributed by atoms with Crippen molar-refractivity contribution in [3.8, 4) is 0 Å². The smallest absolute Gasteiger partial charge is 0.311 e. The Bertz CT molecular complexity index is 1130. The Labute approximate surface area is 208 Å². The molecule has 1 fully saturated rings. The Kier molecular flexibility index (Phi) is 6.86. The van der Waals surface area contributed by atoms with Crippen molar-refractivity contribution >= 4 is 56.0 Å². The van der Waals surface area contributed by atoms with Crippen LogP contribution in [0.1, 0.15) is 33.1 Å². The van der Waals surface area contributed by atoms with Gasteiger partial charge in [0.1, 0.15) is 10.7 Å². The van der Waals surface area contributed by atoms with Crippen molar-refractivity contribution in [1.82, 2.24) is 4.90 Å². The number of fused-ring (bicyclic) bond motifs is 3. The third-order valence-electron chi connectivity index (χ3n) is 6.57. The van der Waals surface area contributed by atoms with Crippen LogP contribution in [0.5, 0.6) is 0 Å². The highest BCUT2D eigenvalue weighted by Gasteiger charge is 2.52. The number of amides is 1. The van der Waals surface area contributed by atoms with Gasteiger partial charge in [0.2, 0.25) is 5.91 Å². The van der Waals surface area contributed by atoms with Crippen LogP contribution < -0.4 is 5.32 Å². The molecule has 0 aromatic heterocycles. The highest BCUT2D eigenvalue weighted by atomic mass is 127. The minimum Gasteiger partial charge on any atom is -0.469 e. The number of amidine groups is 1. The molecule has 10 heteroatoms. The van der Waals surface area contributed by atoms with E-state index in [1.165, 1.54) is 7.11 Å². The molecule has 4 atom stereocenters. The van der Waals surface area contributed by atoms with Gasteiger partial charge in [0.25, 0.3) is 10.0 Å². The molecular formula is C23H28IN3O5S. The van der Waals surface area contributed by atoms with Crippen LogP contribution >= 0.6 is 22.6 Å². The van der Waals surface area contributed by atoms with Gasteiger partial charge in [0.05, 0.1) is 31.2 Å². The van der Waals surface area contributed by atoms with Gasteiger partial charge in [0, 0.05) is 10.1 Å². The minimum atomic E-state index is -3.90. The van der Waals surface area contributed by atoms with Gasteiger partial charge >= 0.3 is 5.97 Å². The minimum absolute atomic E-state index is 0.0571. The second kappa shape index (κ2) is 9.36. The molecule has 4 rings (SSSR count). The molecule has 178 valence electrons. The summed E-state index contributed by atoms with van der Waals surface area (Å²) in [6, 6.07) is 4.73. The first-order chi connectivity index (χ1) is 15.6. The van der Waals surface area contributed by atoms with Gasteiger partial charge in [-0.15, -0.1) is 4.40 Å². The first-order valence-electron chi connectivity index (χ1n) is 11.1. The lowest BCUT2D eigenvalue weighted by Gasteiger charge is -2.37. The molecule has 1 heterocycles. The van der Waals surface area contributed by atoms with E-state index in [0.29, 0.717) is 18.2 Å². The third kappa shape index (κ3) is 4.82. The number of carbonyl (C=O) groups excluding carboxylic acids is 2. The quantitative estimate of drug-likeness (QED) is 0.299. The number of carbonyl (C=O) groups is 2. The summed E-state index contributed by atoms with van der Waals surface area (Å²) >= 11 is 2.05. The largest absolute Gasteiger partial charge is 0.469 e. The lowest BCUT2D eigenvalue weighted by atomic mass is 9.87. The zero-order chi connectivity index (χ0) is 23.9. The number of methoxy groups -OCH3 is 1. The second-order valence-corrected chi connectivity index (χ2v) is 12.0. The van der Waals surface area contributed by atoms with E-state index in [2.05, 4.69) is 29.6 Å². The first kappa shape index (κ1) is 24.2. The molecule has 0 radical (unpaired) electrons. The summed E-state index contributed by atoms with van der Waals surface area (Å²) in [5.41, 5.74) is 0.414. The Balaban J connectivity index is 1.61. The number of anilines is 1. The van der Waals surface area contributed by atoms with E-state index in [1.54, 1.807) is 23.1 Å². The Hall–Kier alpha value is -1.95. The fraction of sp³-hybridized carbons (Fsp3) is 0.522. The topological polar surface area (TPSA) is 105 Å². The average Bonchev–Trinajstić information content (AvgIpc) is 3.35. The van der Waals surface area contributed by atoms with Gasteiger partial charge in [-0.3, -0.25) is 9.59 Å². The number of nitrogens with zero attached hydrogens (tertiary/aromatic N) is 2. The molecule has 8 nitrogen and oxygen atoms in total. The predicted octanol–water partition coefficient (Wildman–Crippen LogP) is 3.43. The Morgan fingerprint density at radius 1 is 1.27 bits per heavy atom. The lowest BCUT2D eigenvalue weighted by Crippen LogP contribution is -2.50. The number of sulfonamides is 1. The molecule has 1 aromatic rings. The van der Waals surface area contributed by atoms with E-state index in [0.717, 1.165) is 16.4 Å². The molecule has 1 aromatic carbocycles.